The molecular weight excluding hydrogens is 250 g/mol. The minimum absolute atomic E-state index is 0.312. The quantitative estimate of drug-likeness (QED) is 0.782. The zero-order valence-corrected chi connectivity index (χ0v) is 11.2. The minimum Gasteiger partial charge on any atom is -0.493 e. The van der Waals surface area contributed by atoms with Gasteiger partial charge in [-0.1, -0.05) is 6.07 Å². The third-order valence-electron chi connectivity index (χ3n) is 2.60. The maximum atomic E-state index is 11.5. The van der Waals surface area contributed by atoms with Gasteiger partial charge in [0.15, 0.2) is 11.5 Å². The Hall–Kier alpha value is -2.24. The highest BCUT2D eigenvalue weighted by molar-refractivity contribution is 5.93. The molecule has 0 aliphatic carbocycles. The largest absolute Gasteiger partial charge is 0.493 e. The van der Waals surface area contributed by atoms with Crippen LogP contribution in [0, 0.1) is 0 Å². The second kappa shape index (κ2) is 6.63. The fourth-order valence-electron chi connectivity index (χ4n) is 1.61. The van der Waals surface area contributed by atoms with Gasteiger partial charge in [0, 0.05) is 13.6 Å². The summed E-state index contributed by atoms with van der Waals surface area (Å²) in [4.78, 5) is 23.3. The number of hydrogen-bond donors (Lipinski definition) is 1. The highest BCUT2D eigenvalue weighted by atomic mass is 16.5. The monoisotopic (exact) mass is 267 g/mol. The number of ether oxygens (including phenoxy) is 2. The predicted molar refractivity (Wildman–Crippen MR) is 68.3 cm³/mol. The summed E-state index contributed by atoms with van der Waals surface area (Å²) < 4.78 is 10.3. The topological polar surface area (TPSA) is 76.1 Å². The second-order valence-electron chi connectivity index (χ2n) is 4.01. The third-order valence-corrected chi connectivity index (χ3v) is 2.60. The van der Waals surface area contributed by atoms with Gasteiger partial charge in [0.1, 0.15) is 6.42 Å². The molecule has 6 nitrogen and oxygen atoms in total. The number of methoxy groups -OCH3 is 2. The summed E-state index contributed by atoms with van der Waals surface area (Å²) in [6.45, 7) is 0.312. The molecule has 104 valence electrons. The van der Waals surface area contributed by atoms with E-state index in [1.165, 1.54) is 12.0 Å². The van der Waals surface area contributed by atoms with Gasteiger partial charge in [0.25, 0.3) is 0 Å². The van der Waals surface area contributed by atoms with Crippen molar-refractivity contribution in [3.8, 4) is 11.5 Å². The molecule has 0 atom stereocenters. The Morgan fingerprint density at radius 3 is 2.37 bits per heavy atom. The van der Waals surface area contributed by atoms with Crippen molar-refractivity contribution < 1.29 is 24.2 Å². The number of aliphatic carboxylic acids is 1. The highest BCUT2D eigenvalue weighted by Crippen LogP contribution is 2.27. The number of carboxylic acids is 1. The van der Waals surface area contributed by atoms with E-state index in [4.69, 9.17) is 14.6 Å². The van der Waals surface area contributed by atoms with E-state index < -0.39 is 18.3 Å². The maximum absolute atomic E-state index is 11.5. The van der Waals surface area contributed by atoms with Crippen molar-refractivity contribution >= 4 is 11.9 Å². The molecule has 0 spiro atoms. The first-order valence-electron chi connectivity index (χ1n) is 5.64. The Bertz CT molecular complexity index is 472. The molecule has 1 aromatic carbocycles. The molecule has 0 radical (unpaired) electrons. The van der Waals surface area contributed by atoms with Crippen LogP contribution in [-0.2, 0) is 16.1 Å². The van der Waals surface area contributed by atoms with Gasteiger partial charge in [0.05, 0.1) is 14.2 Å². The summed E-state index contributed by atoms with van der Waals surface area (Å²) in [6, 6.07) is 5.29. The molecule has 1 amide bonds. The first-order valence-corrected chi connectivity index (χ1v) is 5.64. The zero-order chi connectivity index (χ0) is 14.4. The lowest BCUT2D eigenvalue weighted by Crippen LogP contribution is -2.28. The standard InChI is InChI=1S/C13H17NO5/c1-14(12(15)7-13(16)17)8-9-4-5-10(18-2)11(6-9)19-3/h4-6H,7-8H2,1-3H3,(H,16,17). The summed E-state index contributed by atoms with van der Waals surface area (Å²) in [6.07, 6.45) is -0.510. The molecule has 0 aliphatic rings. The summed E-state index contributed by atoms with van der Waals surface area (Å²) in [5, 5.41) is 8.57. The average molecular weight is 267 g/mol. The van der Waals surface area contributed by atoms with E-state index in [2.05, 4.69) is 0 Å². The van der Waals surface area contributed by atoms with Crippen molar-refractivity contribution in [3.05, 3.63) is 23.8 Å². The van der Waals surface area contributed by atoms with Crippen molar-refractivity contribution in [3.63, 3.8) is 0 Å². The van der Waals surface area contributed by atoms with Crippen LogP contribution in [0.1, 0.15) is 12.0 Å². The molecule has 0 fully saturated rings. The highest BCUT2D eigenvalue weighted by Gasteiger charge is 2.14. The number of benzene rings is 1. The first-order chi connectivity index (χ1) is 8.97. The van der Waals surface area contributed by atoms with E-state index in [1.54, 1.807) is 32.4 Å². The molecule has 0 saturated heterocycles. The zero-order valence-electron chi connectivity index (χ0n) is 11.2. The number of carbonyl (C=O) groups is 2. The van der Waals surface area contributed by atoms with E-state index >= 15 is 0 Å². The fourth-order valence-corrected chi connectivity index (χ4v) is 1.61. The van der Waals surface area contributed by atoms with Gasteiger partial charge in [-0.25, -0.2) is 0 Å². The summed E-state index contributed by atoms with van der Waals surface area (Å²) in [7, 11) is 4.63. The number of carbonyl (C=O) groups excluding carboxylic acids is 1. The Morgan fingerprint density at radius 2 is 1.84 bits per heavy atom. The number of rotatable bonds is 6. The molecule has 6 heteroatoms. The van der Waals surface area contributed by atoms with Crippen LogP contribution in [0.15, 0.2) is 18.2 Å². The minimum atomic E-state index is -1.14. The Kier molecular flexibility index (Phi) is 5.17. The number of hydrogen-bond acceptors (Lipinski definition) is 4. The molecule has 1 aromatic rings. The predicted octanol–water partition coefficient (Wildman–Crippen LogP) is 1.14. The van der Waals surface area contributed by atoms with E-state index in [-0.39, 0.29) is 0 Å². The number of carboxylic acid groups (broad SMARTS) is 1. The van der Waals surface area contributed by atoms with Crippen molar-refractivity contribution in [2.45, 2.75) is 13.0 Å². The number of nitrogens with zero attached hydrogens (tertiary/aromatic N) is 1. The van der Waals surface area contributed by atoms with Crippen LogP contribution >= 0.6 is 0 Å². The summed E-state index contributed by atoms with van der Waals surface area (Å²) in [5.74, 6) is -0.406. The van der Waals surface area contributed by atoms with Gasteiger partial charge < -0.3 is 19.5 Å². The Labute approximate surface area is 111 Å². The van der Waals surface area contributed by atoms with Crippen LogP contribution in [0.3, 0.4) is 0 Å². The maximum Gasteiger partial charge on any atom is 0.312 e. The molecule has 0 heterocycles. The van der Waals surface area contributed by atoms with E-state index in [0.717, 1.165) is 5.56 Å². The molecular formula is C13H17NO5. The molecule has 1 rings (SSSR count). The Balaban J connectivity index is 2.76. The summed E-state index contributed by atoms with van der Waals surface area (Å²) in [5.41, 5.74) is 0.832. The second-order valence-corrected chi connectivity index (χ2v) is 4.01. The molecule has 1 N–H and O–H groups in total. The van der Waals surface area contributed by atoms with Crippen LogP contribution in [0.4, 0.5) is 0 Å². The third kappa shape index (κ3) is 4.17. The van der Waals surface area contributed by atoms with Crippen LogP contribution in [-0.4, -0.2) is 43.2 Å². The van der Waals surface area contributed by atoms with Crippen LogP contribution < -0.4 is 9.47 Å². The van der Waals surface area contributed by atoms with Gasteiger partial charge in [0.2, 0.25) is 5.91 Å². The smallest absolute Gasteiger partial charge is 0.312 e. The van der Waals surface area contributed by atoms with Gasteiger partial charge in [-0.2, -0.15) is 0 Å². The van der Waals surface area contributed by atoms with Crippen molar-refractivity contribution in [2.75, 3.05) is 21.3 Å². The van der Waals surface area contributed by atoms with Crippen molar-refractivity contribution in [2.24, 2.45) is 0 Å². The van der Waals surface area contributed by atoms with E-state index in [1.807, 2.05) is 0 Å². The van der Waals surface area contributed by atoms with Crippen LogP contribution in [0.2, 0.25) is 0 Å². The lowest BCUT2D eigenvalue weighted by molar-refractivity contribution is -0.143. The Morgan fingerprint density at radius 1 is 1.21 bits per heavy atom. The van der Waals surface area contributed by atoms with Crippen LogP contribution in [0.5, 0.6) is 11.5 Å². The fraction of sp³-hybridized carbons (Fsp3) is 0.385. The molecule has 0 aliphatic heterocycles. The molecule has 0 bridgehead atoms. The van der Waals surface area contributed by atoms with Crippen LogP contribution in [0.25, 0.3) is 0 Å². The lowest BCUT2D eigenvalue weighted by atomic mass is 10.2. The van der Waals surface area contributed by atoms with Crippen molar-refractivity contribution in [1.29, 1.82) is 0 Å². The van der Waals surface area contributed by atoms with Crippen molar-refractivity contribution in [1.82, 2.24) is 4.90 Å². The first kappa shape index (κ1) is 14.8. The lowest BCUT2D eigenvalue weighted by Gasteiger charge is -2.17. The van der Waals surface area contributed by atoms with Gasteiger partial charge in [-0.15, -0.1) is 0 Å². The van der Waals surface area contributed by atoms with E-state index in [0.29, 0.717) is 18.0 Å². The normalized spacial score (nSPS) is 9.84. The molecule has 0 saturated carbocycles. The van der Waals surface area contributed by atoms with E-state index in [9.17, 15) is 9.59 Å². The SMILES string of the molecule is COc1ccc(CN(C)C(=O)CC(=O)O)cc1OC. The van der Waals surface area contributed by atoms with Gasteiger partial charge >= 0.3 is 5.97 Å². The van der Waals surface area contributed by atoms with Gasteiger partial charge in [-0.3, -0.25) is 9.59 Å². The summed E-state index contributed by atoms with van der Waals surface area (Å²) >= 11 is 0. The van der Waals surface area contributed by atoms with Gasteiger partial charge in [-0.05, 0) is 17.7 Å². The molecule has 0 aromatic heterocycles. The number of amides is 1. The molecule has 19 heavy (non-hydrogen) atoms. The average Bonchev–Trinajstić information content (AvgIpc) is 2.37. The molecule has 0 unspecified atom stereocenters.